The van der Waals surface area contributed by atoms with Gasteiger partial charge in [-0.15, -0.1) is 0 Å². The third-order valence-corrected chi connectivity index (χ3v) is 1.73. The lowest BCUT2D eigenvalue weighted by Gasteiger charge is -2.04. The number of nitrogen functional groups attached to an aromatic ring is 1. The predicted molar refractivity (Wildman–Crippen MR) is 76.0 cm³/mol. The van der Waals surface area contributed by atoms with Gasteiger partial charge in [-0.05, 0) is 31.0 Å². The first kappa shape index (κ1) is 20.3. The zero-order chi connectivity index (χ0) is 13.7. The molecule has 0 spiro atoms. The van der Waals surface area contributed by atoms with Gasteiger partial charge in [0.1, 0.15) is 5.75 Å². The van der Waals surface area contributed by atoms with Gasteiger partial charge in [-0.25, -0.2) is 0 Å². The first-order chi connectivity index (χ1) is 7.63. The van der Waals surface area contributed by atoms with Crippen molar-refractivity contribution in [1.82, 2.24) is 0 Å². The predicted octanol–water partition coefficient (Wildman–Crippen LogP) is 4.67. The van der Waals surface area contributed by atoms with Crippen LogP contribution >= 0.6 is 0 Å². The Morgan fingerprint density at radius 3 is 1.56 bits per heavy atom. The van der Waals surface area contributed by atoms with Gasteiger partial charge in [0.25, 0.3) is 0 Å². The summed E-state index contributed by atoms with van der Waals surface area (Å²) < 4.78 is 0. The van der Waals surface area contributed by atoms with E-state index < -0.39 is 0 Å². The van der Waals surface area contributed by atoms with Crippen LogP contribution in [0.15, 0.2) is 12.1 Å². The molecule has 0 aliphatic rings. The molecule has 2 heteroatoms. The van der Waals surface area contributed by atoms with E-state index in [0.717, 1.165) is 11.1 Å². The van der Waals surface area contributed by atoms with Crippen LogP contribution in [0.5, 0.6) is 5.75 Å². The van der Waals surface area contributed by atoms with Crippen molar-refractivity contribution in [3.63, 3.8) is 0 Å². The molecule has 0 saturated heterocycles. The Labute approximate surface area is 102 Å². The normalized spacial score (nSPS) is 7.25. The van der Waals surface area contributed by atoms with E-state index in [0.29, 0.717) is 5.69 Å². The number of hydrogen-bond acceptors (Lipinski definition) is 2. The minimum Gasteiger partial charge on any atom is -0.506 e. The zero-order valence-electron chi connectivity index (χ0n) is 12.2. The van der Waals surface area contributed by atoms with Crippen LogP contribution in [-0.4, -0.2) is 5.11 Å². The lowest BCUT2D eigenvalue weighted by Crippen LogP contribution is -1.89. The Bertz CT molecular complexity index is 230. The molecule has 1 aromatic rings. The number of rotatable bonds is 0. The van der Waals surface area contributed by atoms with Gasteiger partial charge in [-0.3, -0.25) is 0 Å². The summed E-state index contributed by atoms with van der Waals surface area (Å²) in [5, 5.41) is 9.26. The van der Waals surface area contributed by atoms with E-state index >= 15 is 0 Å². The van der Waals surface area contributed by atoms with Crippen molar-refractivity contribution in [2.75, 3.05) is 5.73 Å². The highest BCUT2D eigenvalue weighted by molar-refractivity contribution is 5.57. The van der Waals surface area contributed by atoms with Crippen LogP contribution in [0.1, 0.15) is 52.7 Å². The Kier molecular flexibility index (Phi) is 17.5. The number of hydrogen-bond donors (Lipinski definition) is 2. The number of anilines is 1. The topological polar surface area (TPSA) is 46.2 Å². The van der Waals surface area contributed by atoms with E-state index in [-0.39, 0.29) is 5.75 Å². The molecule has 0 heterocycles. The van der Waals surface area contributed by atoms with Crippen molar-refractivity contribution < 1.29 is 5.11 Å². The van der Waals surface area contributed by atoms with Crippen LogP contribution in [0.2, 0.25) is 0 Å². The van der Waals surface area contributed by atoms with Gasteiger partial charge in [-0.1, -0.05) is 47.6 Å². The second-order valence-electron chi connectivity index (χ2n) is 2.45. The van der Waals surface area contributed by atoms with Gasteiger partial charge in [0, 0.05) is 0 Å². The lowest BCUT2D eigenvalue weighted by molar-refractivity contribution is 0.473. The van der Waals surface area contributed by atoms with Gasteiger partial charge in [0.15, 0.2) is 0 Å². The number of benzene rings is 1. The van der Waals surface area contributed by atoms with Crippen molar-refractivity contribution in [1.29, 1.82) is 0 Å². The number of phenols is 1. The van der Waals surface area contributed by atoms with Crippen molar-refractivity contribution in [3.8, 4) is 5.75 Å². The van der Waals surface area contributed by atoms with Crippen LogP contribution in [0, 0.1) is 13.8 Å². The van der Waals surface area contributed by atoms with Crippen LogP contribution in [0.4, 0.5) is 5.69 Å². The number of aryl methyl sites for hydroxylation is 1. The Balaban J connectivity index is -0.000000245. The van der Waals surface area contributed by atoms with Crippen molar-refractivity contribution in [2.45, 2.75) is 55.4 Å². The molecule has 0 radical (unpaired) electrons. The highest BCUT2D eigenvalue weighted by Crippen LogP contribution is 2.26. The quantitative estimate of drug-likeness (QED) is 0.500. The summed E-state index contributed by atoms with van der Waals surface area (Å²) in [4.78, 5) is 0. The van der Waals surface area contributed by atoms with Crippen molar-refractivity contribution in [3.05, 3.63) is 23.3 Å². The van der Waals surface area contributed by atoms with Crippen LogP contribution < -0.4 is 5.73 Å². The average Bonchev–Trinajstić information content (AvgIpc) is 2.39. The first-order valence-corrected chi connectivity index (χ1v) is 6.17. The highest BCUT2D eigenvalue weighted by Gasteiger charge is 2.01. The van der Waals surface area contributed by atoms with E-state index in [4.69, 9.17) is 5.73 Å². The van der Waals surface area contributed by atoms with Crippen molar-refractivity contribution >= 4 is 5.69 Å². The molecule has 0 aliphatic carbocycles. The monoisotopic (exact) mass is 227 g/mol. The van der Waals surface area contributed by atoms with E-state index in [1.807, 2.05) is 61.5 Å². The summed E-state index contributed by atoms with van der Waals surface area (Å²) in [5.41, 5.74) is 7.81. The van der Waals surface area contributed by atoms with E-state index in [2.05, 4.69) is 0 Å². The average molecular weight is 227 g/mol. The number of aromatic hydroxyl groups is 1. The minimum atomic E-state index is 0.208. The van der Waals surface area contributed by atoms with Gasteiger partial charge in [-0.2, -0.15) is 0 Å². The summed E-state index contributed by atoms with van der Waals surface area (Å²) in [6.07, 6.45) is 0. The summed E-state index contributed by atoms with van der Waals surface area (Å²) in [7, 11) is 0. The molecule has 1 rings (SSSR count). The van der Waals surface area contributed by atoms with Crippen LogP contribution in [0.25, 0.3) is 0 Å². The molecule has 0 atom stereocenters. The number of phenolic OH excluding ortho intramolecular Hbond substituents is 1. The fraction of sp³-hybridized carbons (Fsp3) is 0.571. The fourth-order valence-corrected chi connectivity index (χ4v) is 0.822. The SMILES string of the molecule is CC.CC.CC.Cc1ccc(N)c(O)c1C. The maximum absolute atomic E-state index is 9.26. The standard InChI is InChI=1S/C8H11NO.3C2H6/c1-5-3-4-7(9)8(10)6(5)2;3*1-2/h3-4,10H,9H2,1-2H3;3*1-2H3. The maximum Gasteiger partial charge on any atom is 0.141 e. The van der Waals surface area contributed by atoms with Crippen molar-refractivity contribution in [2.24, 2.45) is 0 Å². The second kappa shape index (κ2) is 13.8. The second-order valence-corrected chi connectivity index (χ2v) is 2.45. The van der Waals surface area contributed by atoms with Crippen LogP contribution in [0.3, 0.4) is 0 Å². The molecule has 0 aliphatic heterocycles. The van der Waals surface area contributed by atoms with E-state index in [9.17, 15) is 5.11 Å². The molecule has 0 saturated carbocycles. The summed E-state index contributed by atoms with van der Waals surface area (Å²) in [6, 6.07) is 3.60. The molecular formula is C14H29NO. The van der Waals surface area contributed by atoms with Gasteiger partial charge in [0.2, 0.25) is 0 Å². The Morgan fingerprint density at radius 1 is 0.875 bits per heavy atom. The highest BCUT2D eigenvalue weighted by atomic mass is 16.3. The molecule has 2 nitrogen and oxygen atoms in total. The molecule has 0 fully saturated rings. The minimum absolute atomic E-state index is 0.208. The van der Waals surface area contributed by atoms with Gasteiger partial charge in [0.05, 0.1) is 5.69 Å². The molecule has 3 N–H and O–H groups in total. The maximum atomic E-state index is 9.26. The van der Waals surface area contributed by atoms with Gasteiger partial charge < -0.3 is 10.8 Å². The molecule has 0 aromatic heterocycles. The molecule has 16 heavy (non-hydrogen) atoms. The fourth-order valence-electron chi connectivity index (χ4n) is 0.822. The summed E-state index contributed by atoms with van der Waals surface area (Å²) in [6.45, 7) is 15.8. The number of nitrogens with two attached hydrogens (primary N) is 1. The Hall–Kier alpha value is -1.18. The molecule has 96 valence electrons. The first-order valence-electron chi connectivity index (χ1n) is 6.17. The third-order valence-electron chi connectivity index (χ3n) is 1.73. The zero-order valence-corrected chi connectivity index (χ0v) is 12.2. The Morgan fingerprint density at radius 2 is 1.25 bits per heavy atom. The van der Waals surface area contributed by atoms with E-state index in [1.165, 1.54) is 0 Å². The molecular weight excluding hydrogens is 198 g/mol. The molecule has 0 bridgehead atoms. The lowest BCUT2D eigenvalue weighted by atomic mass is 10.1. The van der Waals surface area contributed by atoms with E-state index in [1.54, 1.807) is 6.07 Å². The van der Waals surface area contributed by atoms with Gasteiger partial charge >= 0.3 is 0 Å². The summed E-state index contributed by atoms with van der Waals surface area (Å²) >= 11 is 0. The molecule has 0 amide bonds. The third kappa shape index (κ3) is 7.16. The molecule has 1 aromatic carbocycles. The largest absolute Gasteiger partial charge is 0.506 e. The smallest absolute Gasteiger partial charge is 0.141 e. The summed E-state index contributed by atoms with van der Waals surface area (Å²) in [5.74, 6) is 0.208. The van der Waals surface area contributed by atoms with Crippen LogP contribution in [-0.2, 0) is 0 Å². The molecule has 0 unspecified atom stereocenters.